The first-order valence-corrected chi connectivity index (χ1v) is 9.04. The van der Waals surface area contributed by atoms with Gasteiger partial charge in [-0.25, -0.2) is 4.79 Å². The summed E-state index contributed by atoms with van der Waals surface area (Å²) >= 11 is 0. The van der Waals surface area contributed by atoms with Crippen LogP contribution in [0.5, 0.6) is 0 Å². The molecule has 2 atom stereocenters. The Labute approximate surface area is 149 Å². The van der Waals surface area contributed by atoms with Crippen LogP contribution in [0.3, 0.4) is 0 Å². The van der Waals surface area contributed by atoms with Gasteiger partial charge in [0.1, 0.15) is 5.60 Å². The van der Waals surface area contributed by atoms with Crippen molar-refractivity contribution in [3.05, 3.63) is 35.9 Å². The van der Waals surface area contributed by atoms with Gasteiger partial charge in [-0.3, -0.25) is 4.79 Å². The van der Waals surface area contributed by atoms with Crippen molar-refractivity contribution in [2.75, 3.05) is 19.6 Å². The maximum absolute atomic E-state index is 12.6. The minimum Gasteiger partial charge on any atom is -0.444 e. The van der Waals surface area contributed by atoms with Crippen molar-refractivity contribution in [2.45, 2.75) is 51.7 Å². The van der Waals surface area contributed by atoms with Crippen molar-refractivity contribution in [2.24, 2.45) is 5.92 Å². The summed E-state index contributed by atoms with van der Waals surface area (Å²) in [5, 5.41) is 0. The summed E-state index contributed by atoms with van der Waals surface area (Å²) in [6.07, 6.45) is 1.03. The number of amides is 2. The lowest BCUT2D eigenvalue weighted by Crippen LogP contribution is -2.64. The van der Waals surface area contributed by atoms with Crippen LogP contribution in [0, 0.1) is 5.92 Å². The highest BCUT2D eigenvalue weighted by Gasteiger charge is 2.54. The zero-order valence-corrected chi connectivity index (χ0v) is 15.6. The van der Waals surface area contributed by atoms with Crippen molar-refractivity contribution >= 4 is 12.0 Å². The Kier molecular flexibility index (Phi) is 4.52. The third-order valence-corrected chi connectivity index (χ3v) is 5.30. The van der Waals surface area contributed by atoms with E-state index in [1.165, 1.54) is 5.56 Å². The van der Waals surface area contributed by atoms with Crippen LogP contribution in [0.1, 0.15) is 39.7 Å². The van der Waals surface area contributed by atoms with Crippen LogP contribution in [-0.2, 0) is 16.0 Å². The summed E-state index contributed by atoms with van der Waals surface area (Å²) in [7, 11) is 0. The smallest absolute Gasteiger partial charge is 0.410 e. The second kappa shape index (κ2) is 6.36. The highest BCUT2D eigenvalue weighted by atomic mass is 16.6. The van der Waals surface area contributed by atoms with E-state index in [1.807, 2.05) is 43.9 Å². The van der Waals surface area contributed by atoms with Crippen LogP contribution in [-0.4, -0.2) is 52.6 Å². The number of hydrogen-bond acceptors (Lipinski definition) is 3. The van der Waals surface area contributed by atoms with E-state index in [0.29, 0.717) is 26.1 Å². The number of fused-ring (bicyclic) bond motifs is 1. The van der Waals surface area contributed by atoms with E-state index in [2.05, 4.69) is 19.1 Å². The number of hydrogen-bond donors (Lipinski definition) is 0. The van der Waals surface area contributed by atoms with Gasteiger partial charge >= 0.3 is 6.09 Å². The molecule has 2 amide bonds. The van der Waals surface area contributed by atoms with E-state index in [1.54, 1.807) is 4.90 Å². The quantitative estimate of drug-likeness (QED) is 0.828. The molecule has 0 bridgehead atoms. The fraction of sp³-hybridized carbons (Fsp3) is 0.600. The molecule has 0 radical (unpaired) electrons. The predicted octanol–water partition coefficient (Wildman–Crippen LogP) is 3.09. The number of rotatable bonds is 2. The van der Waals surface area contributed by atoms with E-state index in [4.69, 9.17) is 4.74 Å². The molecule has 136 valence electrons. The van der Waals surface area contributed by atoms with Crippen molar-refractivity contribution < 1.29 is 14.3 Å². The predicted molar refractivity (Wildman–Crippen MR) is 96.2 cm³/mol. The summed E-state index contributed by atoms with van der Waals surface area (Å²) < 4.78 is 5.57. The van der Waals surface area contributed by atoms with Gasteiger partial charge in [0.15, 0.2) is 0 Å². The highest BCUT2D eigenvalue weighted by molar-refractivity contribution is 5.81. The lowest BCUT2D eigenvalue weighted by atomic mass is 9.79. The molecule has 1 aromatic carbocycles. The molecule has 0 saturated carbocycles. The molecule has 0 N–H and O–H groups in total. The Morgan fingerprint density at radius 2 is 1.92 bits per heavy atom. The molecule has 3 rings (SSSR count). The first-order valence-electron chi connectivity index (χ1n) is 9.04. The normalized spacial score (nSPS) is 26.6. The lowest BCUT2D eigenvalue weighted by molar-refractivity contribution is -0.134. The summed E-state index contributed by atoms with van der Waals surface area (Å²) in [6.45, 7) is 9.40. The van der Waals surface area contributed by atoms with Gasteiger partial charge in [-0.1, -0.05) is 37.3 Å². The number of benzene rings is 1. The van der Waals surface area contributed by atoms with Crippen LogP contribution in [0.4, 0.5) is 4.79 Å². The van der Waals surface area contributed by atoms with Crippen LogP contribution in [0.2, 0.25) is 0 Å². The minimum atomic E-state index is -0.516. The average Bonchev–Trinajstić information content (AvgIpc) is 2.77. The molecule has 25 heavy (non-hydrogen) atoms. The first-order chi connectivity index (χ1) is 11.7. The molecular weight excluding hydrogens is 316 g/mol. The van der Waals surface area contributed by atoms with Crippen molar-refractivity contribution in [3.8, 4) is 0 Å². The molecule has 2 heterocycles. The highest BCUT2D eigenvalue weighted by Crippen LogP contribution is 2.41. The lowest BCUT2D eigenvalue weighted by Gasteiger charge is -2.49. The number of carbonyl (C=O) groups is 2. The molecule has 2 aliphatic rings. The van der Waals surface area contributed by atoms with Crippen LogP contribution >= 0.6 is 0 Å². The Morgan fingerprint density at radius 3 is 2.56 bits per heavy atom. The third kappa shape index (κ3) is 3.51. The van der Waals surface area contributed by atoms with E-state index in [0.717, 1.165) is 6.42 Å². The molecule has 5 heteroatoms. The van der Waals surface area contributed by atoms with Gasteiger partial charge in [-0.05, 0) is 38.7 Å². The maximum Gasteiger partial charge on any atom is 0.410 e. The van der Waals surface area contributed by atoms with Gasteiger partial charge in [0, 0.05) is 26.1 Å². The first kappa shape index (κ1) is 17.8. The third-order valence-electron chi connectivity index (χ3n) is 5.30. The van der Waals surface area contributed by atoms with E-state index < -0.39 is 5.60 Å². The van der Waals surface area contributed by atoms with Gasteiger partial charge in [0.2, 0.25) is 5.91 Å². The van der Waals surface area contributed by atoms with Gasteiger partial charge in [-0.15, -0.1) is 0 Å². The largest absolute Gasteiger partial charge is 0.444 e. The zero-order chi connectivity index (χ0) is 18.2. The van der Waals surface area contributed by atoms with Gasteiger partial charge in [0.05, 0.1) is 5.54 Å². The summed E-state index contributed by atoms with van der Waals surface area (Å²) in [5.41, 5.74) is 0.339. The van der Waals surface area contributed by atoms with Crippen molar-refractivity contribution in [1.82, 2.24) is 9.80 Å². The van der Waals surface area contributed by atoms with Gasteiger partial charge in [0.25, 0.3) is 0 Å². The monoisotopic (exact) mass is 344 g/mol. The van der Waals surface area contributed by atoms with Crippen molar-refractivity contribution in [3.63, 3.8) is 0 Å². The Balaban J connectivity index is 1.86. The van der Waals surface area contributed by atoms with Crippen LogP contribution < -0.4 is 0 Å². The maximum atomic E-state index is 12.6. The molecule has 2 saturated heterocycles. The summed E-state index contributed by atoms with van der Waals surface area (Å²) in [5.74, 6) is 0.401. The molecular formula is C20H28N2O3. The standard InChI is InChI=1S/C20H28N2O3/c1-15-12-17(23)22-11-10-21(18(24)25-19(2,3)4)14-20(15,22)13-16-8-6-5-7-9-16/h5-9,15H,10-14H2,1-4H3/t15-,20-/m1/s1. The fourth-order valence-electron chi connectivity index (χ4n) is 4.05. The summed E-state index contributed by atoms with van der Waals surface area (Å²) in [6, 6.07) is 10.2. The molecule has 2 aliphatic heterocycles. The molecule has 0 spiro atoms. The minimum absolute atomic E-state index is 0.199. The topological polar surface area (TPSA) is 49.9 Å². The fourth-order valence-corrected chi connectivity index (χ4v) is 4.05. The van der Waals surface area contributed by atoms with Crippen LogP contribution in [0.25, 0.3) is 0 Å². The second-order valence-electron chi connectivity index (χ2n) is 8.32. The molecule has 2 fully saturated rings. The Morgan fingerprint density at radius 1 is 1.24 bits per heavy atom. The Hall–Kier alpha value is -2.04. The second-order valence-corrected chi connectivity index (χ2v) is 8.32. The van der Waals surface area contributed by atoms with E-state index in [9.17, 15) is 9.59 Å². The van der Waals surface area contributed by atoms with E-state index >= 15 is 0 Å². The molecule has 0 aliphatic carbocycles. The number of ether oxygens (including phenoxy) is 1. The van der Waals surface area contributed by atoms with E-state index in [-0.39, 0.29) is 23.5 Å². The van der Waals surface area contributed by atoms with Gasteiger partial charge in [-0.2, -0.15) is 0 Å². The van der Waals surface area contributed by atoms with Crippen molar-refractivity contribution in [1.29, 1.82) is 0 Å². The number of nitrogens with zero attached hydrogens (tertiary/aromatic N) is 2. The molecule has 0 unspecified atom stereocenters. The SMILES string of the molecule is C[C@@H]1CC(=O)N2CCN(C(=O)OC(C)(C)C)C[C@]12Cc1ccccc1. The van der Waals surface area contributed by atoms with Gasteiger partial charge < -0.3 is 14.5 Å². The molecule has 1 aromatic rings. The number of carbonyl (C=O) groups excluding carboxylic acids is 2. The Bertz CT molecular complexity index is 653. The zero-order valence-electron chi connectivity index (χ0n) is 15.6. The molecule has 5 nitrogen and oxygen atoms in total. The van der Waals surface area contributed by atoms with Crippen LogP contribution in [0.15, 0.2) is 30.3 Å². The average molecular weight is 344 g/mol. The molecule has 0 aromatic heterocycles. The summed E-state index contributed by atoms with van der Waals surface area (Å²) in [4.78, 5) is 28.9. The number of piperazine rings is 1.